The summed E-state index contributed by atoms with van der Waals surface area (Å²) < 4.78 is 81.2. The average molecular weight is 2290 g/mol. The second-order valence-corrected chi connectivity index (χ2v) is 37.9. The Morgan fingerprint density at radius 2 is 0.956 bits per heavy atom. The number of thiocarbonyl (C=S) groups is 1. The maximum Gasteiger partial charge on any atom is 1.00 e. The van der Waals surface area contributed by atoms with E-state index in [2.05, 4.69) is 139 Å². The molecule has 40 nitrogen and oxygen atoms in total. The number of carbonyl (C=O) groups is 2. The number of hydrogen-bond acceptors (Lipinski definition) is 36. The predicted molar refractivity (Wildman–Crippen MR) is 546 cm³/mol. The fourth-order valence-corrected chi connectivity index (χ4v) is 13.1. The molecule has 11 rings (SSSR count). The number of ether oxygens (including phenoxy) is 8. The van der Waals surface area contributed by atoms with Crippen LogP contribution in [0.3, 0.4) is 0 Å². The van der Waals surface area contributed by atoms with Crippen LogP contribution in [-0.2, 0) is 80.6 Å². The molecule has 9 heterocycles. The first-order chi connectivity index (χ1) is 63.7. The van der Waals surface area contributed by atoms with Gasteiger partial charge in [0.15, 0.2) is 48.7 Å². The number of benzene rings is 2. The summed E-state index contributed by atoms with van der Waals surface area (Å²) in [6.45, 7) is 4.18. The summed E-state index contributed by atoms with van der Waals surface area (Å²) in [7, 11) is 14.6. The third kappa shape index (κ3) is 48.2. The first-order valence-corrected chi connectivity index (χ1v) is 53.1. The van der Waals surface area contributed by atoms with Crippen LogP contribution in [0, 0.1) is 0 Å². The molecule has 0 saturated heterocycles. The van der Waals surface area contributed by atoms with Gasteiger partial charge >= 0.3 is 53.8 Å². The van der Waals surface area contributed by atoms with Crippen molar-refractivity contribution in [3.8, 4) is 74.4 Å². The Kier molecular flexibility index (Phi) is 65.6. The molecule has 0 bridgehead atoms. The van der Waals surface area contributed by atoms with Crippen molar-refractivity contribution in [2.24, 2.45) is 41.0 Å². The molecule has 0 atom stereocenters. The van der Waals surface area contributed by atoms with E-state index in [4.69, 9.17) is 66.0 Å². The van der Waals surface area contributed by atoms with Crippen molar-refractivity contribution in [3.63, 3.8) is 0 Å². The molecule has 7 N–H and O–H groups in total. The number of H-pyrrole nitrogens is 1. The number of methoxy groups -OCH3 is 6. The molecule has 0 fully saturated rings. The maximum atomic E-state index is 12.4. The molecule has 0 unspecified atom stereocenters. The molecule has 11 aromatic rings. The number of halogens is 6. The summed E-state index contributed by atoms with van der Waals surface area (Å²) in [5, 5.41) is 37.3. The molecule has 2 aromatic carbocycles. The van der Waals surface area contributed by atoms with E-state index >= 15 is 0 Å². The van der Waals surface area contributed by atoms with Crippen molar-refractivity contribution in [1.29, 1.82) is 0 Å². The van der Waals surface area contributed by atoms with Crippen LogP contribution in [0.15, 0.2) is 199 Å². The van der Waals surface area contributed by atoms with Crippen LogP contribution in [0.25, 0.3) is 33.8 Å². The third-order valence-electron chi connectivity index (χ3n) is 15.9. The second kappa shape index (κ2) is 69.1. The molecule has 0 saturated carbocycles. The van der Waals surface area contributed by atoms with Crippen molar-refractivity contribution < 1.29 is 110 Å². The number of nitrogens with zero attached hydrogens (tertiary/aromatic N) is 13. The summed E-state index contributed by atoms with van der Waals surface area (Å²) >= 11 is 34.8. The number of nitrogens with two attached hydrogens (primary N) is 1. The summed E-state index contributed by atoms with van der Waals surface area (Å²) in [6.07, 6.45) is 14.2. The Morgan fingerprint density at radius 3 is 1.34 bits per heavy atom. The number of thioether (sulfide) groups is 4. The number of nitrogens with one attached hydrogen (secondary N) is 2. The largest absolute Gasteiger partial charge is 1.00 e. The van der Waals surface area contributed by atoms with Gasteiger partial charge in [0, 0.05) is 143 Å². The Bertz CT molecular complexity index is 6120. The van der Waals surface area contributed by atoms with Gasteiger partial charge in [0.25, 0.3) is 33.4 Å². The van der Waals surface area contributed by atoms with Gasteiger partial charge in [0.2, 0.25) is 38.2 Å². The average Bonchev–Trinajstić information content (AvgIpc) is 0.786. The Labute approximate surface area is 870 Å². The molecule has 136 heavy (non-hydrogen) atoms. The topological polar surface area (TPSA) is 536 Å². The van der Waals surface area contributed by atoms with E-state index in [1.165, 1.54) is 165 Å². The standard InChI is InChI=1S/C20H21N3O6S.C12H13N3O2S.C11H11N3O2S.C9H11BrO2.C7H12O4.C6H8BNO3.C6H7ClN2OS.C6H8N2O2S.C2H6N2S.CH3I.CH3O.Cl3OP.Na/c1-22-19(25)10-15(21-20(22)30(4,26)27)14-6-8-18(24)23(12-14)11-13-5-7-16(28-2)17(9-13)29-3;1-15-11(16)6-9(14-12(15)18-3)8-4-5-10(17-2)13-7-8;1-14-10(16)5-8(13-11(14)17-2)7-3-4-9(15)12-6-7;1-11-8-4-3-7(6-10)5-9(8)12-2;1-3-10-6(8)5-7(9)11-4-2;1-11-6-3-2-5(4-8-6)7(9)10;1-9-5(10)3-4(7)8-6(9)11-2;1-8-5(10)3-4(9)7-6(8)11-2;1-4-2(3)5;2*1-2;1-5(2,3)4;/h5-10,12H,11H2,1-4H3;4-7H,1-3H3;3-6H,1-2H3,(H,12,15);3-5H,6H2,1-2H3;3-5H2,1-2H3;2-4,9-10H,1H3;3H,1-2H3;3,9H,1-2H3;1H3,(H3,3,4,5);2*1H3;;/q;;;;;;;;;;-1;;+1. The fraction of sp³-hybridized carbons (Fsp3) is 0.321. The molecule has 0 aliphatic rings. The van der Waals surface area contributed by atoms with Crippen molar-refractivity contribution in [3.05, 3.63) is 229 Å². The molecular weight excluding hydrogens is 2190 g/mol. The summed E-state index contributed by atoms with van der Waals surface area (Å²) in [6, 6.07) is 30.3. The van der Waals surface area contributed by atoms with Gasteiger partial charge in [0.05, 0.1) is 85.6 Å². The third-order valence-corrected chi connectivity index (χ3v) is 20.9. The number of alkyl halides is 2. The minimum absolute atomic E-state index is 0. The predicted octanol–water partition coefficient (Wildman–Crippen LogP) is 6.04. The van der Waals surface area contributed by atoms with Crippen LogP contribution in [0.5, 0.6) is 40.6 Å². The number of aromatic amines is 1. The smallest absolute Gasteiger partial charge is 0.857 e. The molecular formula is C81H103BBrCl4IN16NaO24PS6. The Hall–Kier alpha value is -8.84. The van der Waals surface area contributed by atoms with Crippen LogP contribution >= 0.6 is 148 Å². The second-order valence-electron chi connectivity index (χ2n) is 24.8. The van der Waals surface area contributed by atoms with Crippen LogP contribution in [-0.4, -0.2) is 221 Å². The van der Waals surface area contributed by atoms with E-state index in [0.717, 1.165) is 57.5 Å². The number of aromatic hydroxyl groups is 1. The molecule has 738 valence electrons. The molecule has 55 heteroatoms. The van der Waals surface area contributed by atoms with Crippen molar-refractivity contribution in [2.45, 2.75) is 57.9 Å². The number of carbonyl (C=O) groups excluding carboxylic acids is 2. The van der Waals surface area contributed by atoms with E-state index in [1.54, 1.807) is 125 Å². The number of aromatic nitrogens is 14. The van der Waals surface area contributed by atoms with Gasteiger partial charge in [-0.05, 0) is 149 Å². The Balaban J connectivity index is 0. The van der Waals surface area contributed by atoms with Gasteiger partial charge in [-0.1, -0.05) is 115 Å². The first-order valence-electron chi connectivity index (χ1n) is 37.8. The van der Waals surface area contributed by atoms with Crippen molar-refractivity contribution >= 4 is 188 Å². The quantitative estimate of drug-likeness (QED) is 0.00430. The van der Waals surface area contributed by atoms with E-state index in [0.29, 0.717) is 71.4 Å². The number of rotatable bonds is 22. The normalized spacial score (nSPS) is 9.90. The molecule has 0 spiro atoms. The zero-order chi connectivity index (χ0) is 103. The van der Waals surface area contributed by atoms with E-state index in [9.17, 15) is 56.1 Å². The fourth-order valence-electron chi connectivity index (χ4n) is 9.43. The minimum Gasteiger partial charge on any atom is -0.857 e. The van der Waals surface area contributed by atoms with Crippen LogP contribution in [0.1, 0.15) is 31.4 Å². The van der Waals surface area contributed by atoms with Gasteiger partial charge in [-0.15, -0.1) is 0 Å². The number of esters is 2. The minimum atomic E-state index is -3.71. The SMILES string of the molecule is CCOC(=O)CC(=O)OCC.CI.CNC(N)=S.COc1ccc(-c2cc(=O)n(C)c(SC)n2)cn1.COc1ccc(B(O)O)cn1.COc1ccc(CBr)cc1OC.COc1ccc(Cn2cc(-c3cc(=O)n(C)c(S(C)(=O)=O)n3)ccc2=O)cc1OC.CSc1nc(-c2ccc(=O)[nH]c2)cc(=O)n1C.CSc1nc(Cl)cc(=O)n1C.CSc1nc(O)cc(=O)n1C.C[O-].O=P(Cl)(Cl)Cl.[Na+]. The van der Waals surface area contributed by atoms with E-state index in [1.807, 2.05) is 48.0 Å². The van der Waals surface area contributed by atoms with Crippen LogP contribution < -0.4 is 119 Å². The van der Waals surface area contributed by atoms with Gasteiger partial charge in [-0.25, -0.2) is 38.3 Å². The maximum absolute atomic E-state index is 12.4. The van der Waals surface area contributed by atoms with E-state index in [-0.39, 0.29) is 111 Å². The van der Waals surface area contributed by atoms with Gasteiger partial charge in [0.1, 0.15) is 11.6 Å². The molecule has 0 radical (unpaired) electrons. The van der Waals surface area contributed by atoms with Gasteiger partial charge in [-0.3, -0.25) is 70.6 Å². The number of hydrogen-bond donors (Lipinski definition) is 6. The summed E-state index contributed by atoms with van der Waals surface area (Å²) in [4.78, 5) is 135. The van der Waals surface area contributed by atoms with Crippen LogP contribution in [0.4, 0.5) is 0 Å². The van der Waals surface area contributed by atoms with Gasteiger partial charge < -0.3 is 78.8 Å². The molecule has 0 aliphatic carbocycles. The van der Waals surface area contributed by atoms with Gasteiger partial charge in [-0.2, -0.15) is 12.1 Å². The molecule has 0 amide bonds. The Morgan fingerprint density at radius 1 is 0.566 bits per heavy atom. The summed E-state index contributed by atoms with van der Waals surface area (Å²) in [5.41, 5.74) is 9.00. The summed E-state index contributed by atoms with van der Waals surface area (Å²) in [5.74, 6) is 2.33. The molecule has 0 aliphatic heterocycles. The first kappa shape index (κ1) is 129. The zero-order valence-electron chi connectivity index (χ0n) is 77.9. The van der Waals surface area contributed by atoms with E-state index < -0.39 is 39.7 Å². The van der Waals surface area contributed by atoms with Crippen molar-refractivity contribution in [2.75, 3.05) is 106 Å². The number of sulfone groups is 1. The zero-order valence-corrected chi connectivity index (χ0v) is 92.4. The van der Waals surface area contributed by atoms with Crippen LogP contribution in [0.2, 0.25) is 5.15 Å². The monoisotopic (exact) mass is 2290 g/mol. The molecule has 9 aromatic heterocycles. The number of pyridine rings is 4. The van der Waals surface area contributed by atoms with Crippen molar-refractivity contribution in [1.82, 2.24) is 72.6 Å².